The lowest BCUT2D eigenvalue weighted by Crippen LogP contribution is -2.13. The SMILES string of the molecule is O=c1ccc2c(OCCC(F)(F)F)cc(Cl)cc2[nH]1. The molecule has 1 heterocycles. The molecule has 0 unspecified atom stereocenters. The average molecular weight is 292 g/mol. The number of benzene rings is 1. The zero-order valence-corrected chi connectivity index (χ0v) is 10.3. The van der Waals surface area contributed by atoms with Gasteiger partial charge in [0.05, 0.1) is 18.5 Å². The van der Waals surface area contributed by atoms with Gasteiger partial charge in [0, 0.05) is 16.5 Å². The van der Waals surface area contributed by atoms with E-state index in [1.165, 1.54) is 24.3 Å². The summed E-state index contributed by atoms with van der Waals surface area (Å²) in [6.45, 7) is -0.502. The van der Waals surface area contributed by atoms with Crippen LogP contribution in [0.25, 0.3) is 10.9 Å². The predicted molar refractivity (Wildman–Crippen MR) is 65.7 cm³/mol. The second-order valence-corrected chi connectivity index (χ2v) is 4.34. The maximum Gasteiger partial charge on any atom is 0.392 e. The number of nitrogens with one attached hydrogen (secondary N) is 1. The Bertz CT molecular complexity index is 651. The van der Waals surface area contributed by atoms with Crippen LogP contribution in [0.4, 0.5) is 13.2 Å². The molecule has 0 saturated carbocycles. The quantitative estimate of drug-likeness (QED) is 0.940. The summed E-state index contributed by atoms with van der Waals surface area (Å²) < 4.78 is 41.2. The summed E-state index contributed by atoms with van der Waals surface area (Å²) in [7, 11) is 0. The monoisotopic (exact) mass is 291 g/mol. The third kappa shape index (κ3) is 3.64. The topological polar surface area (TPSA) is 42.1 Å². The van der Waals surface area contributed by atoms with Gasteiger partial charge in [0.25, 0.3) is 0 Å². The molecule has 2 rings (SSSR count). The number of hydrogen-bond acceptors (Lipinski definition) is 2. The fraction of sp³-hybridized carbons (Fsp3) is 0.250. The van der Waals surface area contributed by atoms with Crippen LogP contribution in [0.2, 0.25) is 5.02 Å². The lowest BCUT2D eigenvalue weighted by Gasteiger charge is -2.11. The van der Waals surface area contributed by atoms with E-state index in [0.717, 1.165) is 0 Å². The Hall–Kier alpha value is -1.69. The number of aromatic amines is 1. The first-order valence-corrected chi connectivity index (χ1v) is 5.75. The second kappa shape index (κ2) is 5.13. The minimum Gasteiger partial charge on any atom is -0.492 e. The summed E-state index contributed by atoms with van der Waals surface area (Å²) >= 11 is 5.82. The molecule has 1 N–H and O–H groups in total. The van der Waals surface area contributed by atoms with Crippen LogP contribution < -0.4 is 10.3 Å². The van der Waals surface area contributed by atoms with E-state index in [2.05, 4.69) is 4.98 Å². The van der Waals surface area contributed by atoms with Crippen molar-refractivity contribution < 1.29 is 17.9 Å². The number of H-pyrrole nitrogens is 1. The average Bonchev–Trinajstić information content (AvgIpc) is 2.26. The first-order chi connectivity index (χ1) is 8.85. The van der Waals surface area contributed by atoms with Crippen molar-refractivity contribution in [2.45, 2.75) is 12.6 Å². The summed E-state index contributed by atoms with van der Waals surface area (Å²) in [5.41, 5.74) is 0.0954. The van der Waals surface area contributed by atoms with Crippen molar-refractivity contribution >= 4 is 22.5 Å². The molecule has 0 amide bonds. The highest BCUT2D eigenvalue weighted by molar-refractivity contribution is 6.31. The number of ether oxygens (including phenoxy) is 1. The van der Waals surface area contributed by atoms with Gasteiger partial charge in [-0.2, -0.15) is 13.2 Å². The molecule has 0 atom stereocenters. The molecule has 1 aromatic carbocycles. The van der Waals surface area contributed by atoms with Gasteiger partial charge >= 0.3 is 6.18 Å². The minimum absolute atomic E-state index is 0.211. The summed E-state index contributed by atoms with van der Waals surface area (Å²) in [6, 6.07) is 5.67. The van der Waals surface area contributed by atoms with E-state index in [4.69, 9.17) is 16.3 Å². The van der Waals surface area contributed by atoms with Crippen LogP contribution in [0.15, 0.2) is 29.1 Å². The molecule has 0 radical (unpaired) electrons. The van der Waals surface area contributed by atoms with Crippen LogP contribution in [0.1, 0.15) is 6.42 Å². The fourth-order valence-corrected chi connectivity index (χ4v) is 1.81. The molecule has 19 heavy (non-hydrogen) atoms. The van der Waals surface area contributed by atoms with Crippen LogP contribution >= 0.6 is 11.6 Å². The number of rotatable bonds is 3. The molecule has 7 heteroatoms. The lowest BCUT2D eigenvalue weighted by atomic mass is 10.2. The minimum atomic E-state index is -4.28. The Kier molecular flexibility index (Phi) is 3.71. The van der Waals surface area contributed by atoms with Crippen molar-refractivity contribution in [3.8, 4) is 5.75 Å². The van der Waals surface area contributed by atoms with Crippen molar-refractivity contribution in [2.75, 3.05) is 6.61 Å². The molecule has 0 aliphatic carbocycles. The Balaban J connectivity index is 2.29. The molecule has 0 spiro atoms. The standard InChI is InChI=1S/C12H9ClF3NO2/c13-7-5-9-8(1-2-11(18)17-9)10(6-7)19-4-3-12(14,15)16/h1-2,5-6H,3-4H2,(H,17,18). The van der Waals surface area contributed by atoms with Crippen LogP contribution in [-0.2, 0) is 0 Å². The van der Waals surface area contributed by atoms with Crippen molar-refractivity contribution in [2.24, 2.45) is 0 Å². The van der Waals surface area contributed by atoms with Gasteiger partial charge in [-0.25, -0.2) is 0 Å². The molecule has 102 valence electrons. The maximum atomic E-state index is 12.1. The highest BCUT2D eigenvalue weighted by Gasteiger charge is 2.27. The molecule has 0 bridgehead atoms. The molecule has 1 aromatic heterocycles. The smallest absolute Gasteiger partial charge is 0.392 e. The van der Waals surface area contributed by atoms with Gasteiger partial charge in [-0.1, -0.05) is 11.6 Å². The highest BCUT2D eigenvalue weighted by Crippen LogP contribution is 2.29. The van der Waals surface area contributed by atoms with Crippen LogP contribution in [0.5, 0.6) is 5.75 Å². The van der Waals surface area contributed by atoms with E-state index < -0.39 is 19.2 Å². The lowest BCUT2D eigenvalue weighted by molar-refractivity contribution is -0.139. The van der Waals surface area contributed by atoms with Gasteiger partial charge < -0.3 is 9.72 Å². The molecular formula is C12H9ClF3NO2. The molecule has 0 fully saturated rings. The summed E-state index contributed by atoms with van der Waals surface area (Å²) in [5, 5.41) is 0.780. The van der Waals surface area contributed by atoms with Crippen molar-refractivity contribution in [3.05, 3.63) is 39.6 Å². The molecule has 0 aliphatic heterocycles. The molecule has 0 saturated heterocycles. The van der Waals surface area contributed by atoms with Gasteiger partial charge in [-0.05, 0) is 18.2 Å². The van der Waals surface area contributed by atoms with Gasteiger partial charge in [-0.3, -0.25) is 4.79 Å². The van der Waals surface area contributed by atoms with Gasteiger partial charge in [-0.15, -0.1) is 0 Å². The predicted octanol–water partition coefficient (Wildman–Crippen LogP) is 3.51. The zero-order chi connectivity index (χ0) is 14.0. The van der Waals surface area contributed by atoms with Crippen LogP contribution in [0.3, 0.4) is 0 Å². The van der Waals surface area contributed by atoms with Gasteiger partial charge in [0.2, 0.25) is 5.56 Å². The molecule has 2 aromatic rings. The van der Waals surface area contributed by atoms with E-state index in [-0.39, 0.29) is 16.3 Å². The normalized spacial score (nSPS) is 11.8. The number of halogens is 4. The van der Waals surface area contributed by atoms with E-state index in [1.54, 1.807) is 0 Å². The van der Waals surface area contributed by atoms with E-state index in [0.29, 0.717) is 10.9 Å². The Morgan fingerprint density at radius 1 is 1.26 bits per heavy atom. The molecule has 3 nitrogen and oxygen atoms in total. The second-order valence-electron chi connectivity index (χ2n) is 3.90. The van der Waals surface area contributed by atoms with E-state index in [9.17, 15) is 18.0 Å². The Morgan fingerprint density at radius 2 is 2.00 bits per heavy atom. The number of hydrogen-bond donors (Lipinski definition) is 1. The van der Waals surface area contributed by atoms with Crippen LogP contribution in [0, 0.1) is 0 Å². The summed E-state index contributed by atoms with van der Waals surface area (Å²) in [5.74, 6) is 0.211. The largest absolute Gasteiger partial charge is 0.492 e. The van der Waals surface area contributed by atoms with Gasteiger partial charge in [0.1, 0.15) is 5.75 Å². The third-order valence-corrected chi connectivity index (χ3v) is 2.63. The van der Waals surface area contributed by atoms with Crippen LogP contribution in [-0.4, -0.2) is 17.8 Å². The van der Waals surface area contributed by atoms with Crippen molar-refractivity contribution in [1.82, 2.24) is 4.98 Å². The third-order valence-electron chi connectivity index (χ3n) is 2.41. The first-order valence-electron chi connectivity index (χ1n) is 5.37. The fourth-order valence-electron chi connectivity index (χ4n) is 1.60. The Morgan fingerprint density at radius 3 is 2.68 bits per heavy atom. The highest BCUT2D eigenvalue weighted by atomic mass is 35.5. The first kappa shape index (κ1) is 13.7. The molecule has 0 aliphatic rings. The molecular weight excluding hydrogens is 283 g/mol. The summed E-state index contributed by atoms with van der Waals surface area (Å²) in [4.78, 5) is 13.7. The number of fused-ring (bicyclic) bond motifs is 1. The van der Waals surface area contributed by atoms with E-state index >= 15 is 0 Å². The number of pyridine rings is 1. The number of aromatic nitrogens is 1. The Labute approximate surface area is 111 Å². The van der Waals surface area contributed by atoms with E-state index in [1.807, 2.05) is 0 Å². The maximum absolute atomic E-state index is 12.1. The van der Waals surface area contributed by atoms with Crippen molar-refractivity contribution in [3.63, 3.8) is 0 Å². The van der Waals surface area contributed by atoms with Gasteiger partial charge in [0.15, 0.2) is 0 Å². The zero-order valence-electron chi connectivity index (χ0n) is 9.55. The van der Waals surface area contributed by atoms with Crippen molar-refractivity contribution in [1.29, 1.82) is 0 Å². The number of alkyl halides is 3. The summed E-state index contributed by atoms with van der Waals surface area (Å²) in [6.07, 6.45) is -5.33.